The van der Waals surface area contributed by atoms with Gasteiger partial charge >= 0.3 is 0 Å². The monoisotopic (exact) mass is 113 g/mol. The zero-order valence-corrected chi connectivity index (χ0v) is 4.59. The van der Waals surface area contributed by atoms with E-state index in [9.17, 15) is 4.79 Å². The predicted octanol–water partition coefficient (Wildman–Crippen LogP) is -0.293. The van der Waals surface area contributed by atoms with Gasteiger partial charge in [-0.15, -0.1) is 0 Å². The van der Waals surface area contributed by atoms with E-state index in [1.807, 2.05) is 0 Å². The van der Waals surface area contributed by atoms with Crippen molar-refractivity contribution in [1.29, 1.82) is 5.26 Å². The fraction of sp³-hybridized carbons (Fsp3) is 0.600. The standard InChI is InChI=1S/C5H7NO2/c1-4(3-7)5(8)2-6/h4,7H,3H2,1H3. The summed E-state index contributed by atoms with van der Waals surface area (Å²) in [4.78, 5) is 10.2. The molecule has 0 aromatic rings. The molecule has 0 spiro atoms. The van der Waals surface area contributed by atoms with E-state index in [1.165, 1.54) is 13.0 Å². The highest BCUT2D eigenvalue weighted by Crippen LogP contribution is 1.91. The summed E-state index contributed by atoms with van der Waals surface area (Å²) in [5, 5.41) is 16.2. The molecule has 0 fully saturated rings. The number of carbonyl (C=O) groups excluding carboxylic acids is 1. The van der Waals surface area contributed by atoms with Crippen molar-refractivity contribution >= 4 is 5.78 Å². The minimum Gasteiger partial charge on any atom is -0.396 e. The highest BCUT2D eigenvalue weighted by atomic mass is 16.3. The van der Waals surface area contributed by atoms with E-state index in [0.717, 1.165) is 0 Å². The lowest BCUT2D eigenvalue weighted by molar-refractivity contribution is -0.118. The van der Waals surface area contributed by atoms with Gasteiger partial charge in [-0.3, -0.25) is 4.79 Å². The van der Waals surface area contributed by atoms with Crippen molar-refractivity contribution in [3.8, 4) is 6.07 Å². The quantitative estimate of drug-likeness (QED) is 0.500. The van der Waals surface area contributed by atoms with Crippen molar-refractivity contribution < 1.29 is 9.90 Å². The molecule has 0 rings (SSSR count). The Hall–Kier alpha value is -0.880. The van der Waals surface area contributed by atoms with Crippen molar-refractivity contribution in [2.24, 2.45) is 5.92 Å². The Bertz CT molecular complexity index is 125. The average molecular weight is 113 g/mol. The largest absolute Gasteiger partial charge is 0.396 e. The first-order valence-corrected chi connectivity index (χ1v) is 2.27. The summed E-state index contributed by atoms with van der Waals surface area (Å²) in [6.07, 6.45) is 0. The maximum atomic E-state index is 10.2. The zero-order valence-electron chi connectivity index (χ0n) is 4.59. The Labute approximate surface area is 47.5 Å². The van der Waals surface area contributed by atoms with Crippen LogP contribution in [0.25, 0.3) is 0 Å². The topological polar surface area (TPSA) is 61.1 Å². The van der Waals surface area contributed by atoms with Crippen LogP contribution in [0.1, 0.15) is 6.92 Å². The first-order valence-electron chi connectivity index (χ1n) is 2.27. The van der Waals surface area contributed by atoms with Gasteiger partial charge in [-0.1, -0.05) is 6.92 Å². The highest BCUT2D eigenvalue weighted by molar-refractivity contribution is 5.94. The summed E-state index contributed by atoms with van der Waals surface area (Å²) in [5.74, 6) is -1.09. The number of hydrogen-bond acceptors (Lipinski definition) is 3. The van der Waals surface area contributed by atoms with E-state index in [1.54, 1.807) is 0 Å². The van der Waals surface area contributed by atoms with Crippen LogP contribution in [0.2, 0.25) is 0 Å². The number of nitrogens with zero attached hydrogens (tertiary/aromatic N) is 1. The first-order chi connectivity index (χ1) is 3.72. The molecule has 1 unspecified atom stereocenters. The van der Waals surface area contributed by atoms with Crippen molar-refractivity contribution in [3.63, 3.8) is 0 Å². The second kappa shape index (κ2) is 3.16. The molecule has 44 valence electrons. The smallest absolute Gasteiger partial charge is 0.237 e. The fourth-order valence-electron chi connectivity index (χ4n) is 0.193. The number of aliphatic hydroxyl groups is 1. The van der Waals surface area contributed by atoms with Gasteiger partial charge in [0.2, 0.25) is 5.78 Å². The number of carbonyl (C=O) groups is 1. The minimum atomic E-state index is -0.562. The maximum absolute atomic E-state index is 10.2. The van der Waals surface area contributed by atoms with Gasteiger partial charge in [0.15, 0.2) is 0 Å². The zero-order chi connectivity index (χ0) is 6.57. The molecule has 0 aromatic carbocycles. The molecule has 0 bridgehead atoms. The molecule has 0 aliphatic rings. The molecular weight excluding hydrogens is 106 g/mol. The van der Waals surface area contributed by atoms with Gasteiger partial charge in [-0.2, -0.15) is 5.26 Å². The lowest BCUT2D eigenvalue weighted by atomic mass is 10.1. The van der Waals surface area contributed by atoms with E-state index in [-0.39, 0.29) is 6.61 Å². The second-order valence-electron chi connectivity index (χ2n) is 1.56. The van der Waals surface area contributed by atoms with E-state index >= 15 is 0 Å². The number of aliphatic hydroxyl groups excluding tert-OH is 1. The van der Waals surface area contributed by atoms with Crippen LogP contribution in [0.4, 0.5) is 0 Å². The van der Waals surface area contributed by atoms with Crippen LogP contribution in [0, 0.1) is 17.2 Å². The van der Waals surface area contributed by atoms with Gasteiger partial charge in [0.25, 0.3) is 0 Å². The molecule has 8 heavy (non-hydrogen) atoms. The molecule has 0 aliphatic heterocycles. The number of nitriles is 1. The van der Waals surface area contributed by atoms with Crippen molar-refractivity contribution in [2.75, 3.05) is 6.61 Å². The third-order valence-electron chi connectivity index (χ3n) is 0.832. The molecule has 0 aliphatic carbocycles. The highest BCUT2D eigenvalue weighted by Gasteiger charge is 2.08. The molecular formula is C5H7NO2. The van der Waals surface area contributed by atoms with Gasteiger partial charge in [0, 0.05) is 0 Å². The minimum absolute atomic E-state index is 0.244. The van der Waals surface area contributed by atoms with Crippen LogP contribution in [-0.4, -0.2) is 17.5 Å². The molecule has 0 saturated carbocycles. The van der Waals surface area contributed by atoms with Gasteiger partial charge in [-0.25, -0.2) is 0 Å². The van der Waals surface area contributed by atoms with Crippen LogP contribution in [0.3, 0.4) is 0 Å². The van der Waals surface area contributed by atoms with Gasteiger partial charge in [0.05, 0.1) is 12.5 Å². The van der Waals surface area contributed by atoms with E-state index in [2.05, 4.69) is 0 Å². The average Bonchev–Trinajstić information content (AvgIpc) is 1.84. The molecule has 0 heterocycles. The van der Waals surface area contributed by atoms with Crippen LogP contribution in [0.5, 0.6) is 0 Å². The van der Waals surface area contributed by atoms with Crippen molar-refractivity contribution in [3.05, 3.63) is 0 Å². The van der Waals surface area contributed by atoms with Crippen LogP contribution < -0.4 is 0 Å². The maximum Gasteiger partial charge on any atom is 0.237 e. The van der Waals surface area contributed by atoms with Gasteiger partial charge < -0.3 is 5.11 Å². The summed E-state index contributed by atoms with van der Waals surface area (Å²) in [5.41, 5.74) is 0. The third kappa shape index (κ3) is 1.71. The normalized spacial score (nSPS) is 12.1. The summed E-state index contributed by atoms with van der Waals surface area (Å²) in [7, 11) is 0. The lowest BCUT2D eigenvalue weighted by Crippen LogP contribution is -2.11. The van der Waals surface area contributed by atoms with E-state index in [4.69, 9.17) is 10.4 Å². The molecule has 0 aromatic heterocycles. The Balaban J connectivity index is 3.68. The van der Waals surface area contributed by atoms with Crippen LogP contribution in [0.15, 0.2) is 0 Å². The Morgan fingerprint density at radius 3 is 2.62 bits per heavy atom. The van der Waals surface area contributed by atoms with Crippen LogP contribution >= 0.6 is 0 Å². The van der Waals surface area contributed by atoms with Crippen molar-refractivity contribution in [1.82, 2.24) is 0 Å². The van der Waals surface area contributed by atoms with E-state index < -0.39 is 11.7 Å². The molecule has 0 saturated heterocycles. The summed E-state index contributed by atoms with van der Waals surface area (Å²) in [6.45, 7) is 1.26. The van der Waals surface area contributed by atoms with Gasteiger partial charge in [0.1, 0.15) is 6.07 Å². The van der Waals surface area contributed by atoms with Gasteiger partial charge in [-0.05, 0) is 0 Å². The first kappa shape index (κ1) is 7.12. The predicted molar refractivity (Wildman–Crippen MR) is 26.9 cm³/mol. The summed E-state index contributed by atoms with van der Waals surface area (Å²) >= 11 is 0. The van der Waals surface area contributed by atoms with Crippen LogP contribution in [-0.2, 0) is 4.79 Å². The summed E-state index contributed by atoms with van der Waals surface area (Å²) in [6, 6.07) is 1.42. The number of rotatable bonds is 2. The Morgan fingerprint density at radius 1 is 2.00 bits per heavy atom. The summed E-state index contributed by atoms with van der Waals surface area (Å²) < 4.78 is 0. The molecule has 3 nitrogen and oxygen atoms in total. The molecule has 0 amide bonds. The molecule has 1 atom stereocenters. The number of ketones is 1. The van der Waals surface area contributed by atoms with E-state index in [0.29, 0.717) is 0 Å². The third-order valence-corrected chi connectivity index (χ3v) is 0.832. The molecule has 1 N–H and O–H groups in total. The fourth-order valence-corrected chi connectivity index (χ4v) is 0.193. The number of Topliss-reactive ketones (excluding diaryl/α,β-unsaturated/α-hetero) is 1. The Morgan fingerprint density at radius 2 is 2.50 bits per heavy atom. The SMILES string of the molecule is CC(CO)C(=O)C#N. The lowest BCUT2D eigenvalue weighted by Gasteiger charge is -1.95. The molecule has 3 heteroatoms. The Kier molecular flexibility index (Phi) is 2.82. The second-order valence-corrected chi connectivity index (χ2v) is 1.56. The molecule has 0 radical (unpaired) electrons. The number of hydrogen-bond donors (Lipinski definition) is 1. The van der Waals surface area contributed by atoms with Crippen molar-refractivity contribution in [2.45, 2.75) is 6.92 Å².